The first-order valence-electron chi connectivity index (χ1n) is 4.26. The topological polar surface area (TPSA) is 27.1 Å². The van der Waals surface area contributed by atoms with Crippen LogP contribution in [0.25, 0.3) is 0 Å². The summed E-state index contributed by atoms with van der Waals surface area (Å²) in [5.74, 6) is 1.10. The Labute approximate surface area is 73.4 Å². The highest BCUT2D eigenvalue weighted by atomic mass is 16.5. The number of nitrogens with zero attached hydrogens (tertiary/aromatic N) is 2. The normalized spacial score (nSPS) is 11.0. The van der Waals surface area contributed by atoms with Crippen LogP contribution in [0.4, 0.5) is 0 Å². The van der Waals surface area contributed by atoms with Crippen molar-refractivity contribution in [1.82, 2.24) is 9.55 Å². The summed E-state index contributed by atoms with van der Waals surface area (Å²) in [7, 11) is 1.71. The molecule has 1 aromatic rings. The van der Waals surface area contributed by atoms with Gasteiger partial charge in [0.05, 0.1) is 6.61 Å². The first-order valence-corrected chi connectivity index (χ1v) is 4.26. The zero-order chi connectivity index (χ0) is 8.97. The maximum Gasteiger partial charge on any atom is 0.111 e. The first-order chi connectivity index (χ1) is 5.75. The molecule has 0 bridgehead atoms. The van der Waals surface area contributed by atoms with Gasteiger partial charge in [0.2, 0.25) is 0 Å². The molecule has 0 saturated carbocycles. The fourth-order valence-electron chi connectivity index (χ4n) is 1.20. The molecule has 68 valence electrons. The van der Waals surface area contributed by atoms with Crippen molar-refractivity contribution in [2.45, 2.75) is 26.3 Å². The molecule has 0 fully saturated rings. The summed E-state index contributed by atoms with van der Waals surface area (Å²) in [6.45, 7) is 5.04. The van der Waals surface area contributed by atoms with Crippen LogP contribution < -0.4 is 0 Å². The van der Waals surface area contributed by atoms with Crippen molar-refractivity contribution in [3.63, 3.8) is 0 Å². The van der Waals surface area contributed by atoms with Crippen molar-refractivity contribution in [3.8, 4) is 0 Å². The van der Waals surface area contributed by atoms with Gasteiger partial charge in [0.25, 0.3) is 0 Å². The number of hydrogen-bond donors (Lipinski definition) is 0. The van der Waals surface area contributed by atoms with Gasteiger partial charge in [0.15, 0.2) is 0 Å². The molecule has 0 spiro atoms. The fourth-order valence-corrected chi connectivity index (χ4v) is 1.20. The molecular weight excluding hydrogens is 152 g/mol. The molecule has 0 aliphatic carbocycles. The van der Waals surface area contributed by atoms with Gasteiger partial charge in [-0.3, -0.25) is 0 Å². The summed E-state index contributed by atoms with van der Waals surface area (Å²) in [4.78, 5) is 4.26. The van der Waals surface area contributed by atoms with Gasteiger partial charge in [-0.1, -0.05) is 0 Å². The molecule has 0 radical (unpaired) electrons. The molecule has 12 heavy (non-hydrogen) atoms. The molecule has 0 aliphatic rings. The number of rotatable bonds is 4. The summed E-state index contributed by atoms with van der Waals surface area (Å²) < 4.78 is 7.16. The van der Waals surface area contributed by atoms with Crippen LogP contribution in [0.1, 0.15) is 25.7 Å². The van der Waals surface area contributed by atoms with E-state index < -0.39 is 0 Å². The van der Waals surface area contributed by atoms with Crippen LogP contribution in [0.5, 0.6) is 0 Å². The third-order valence-corrected chi connectivity index (χ3v) is 1.84. The number of hydrogen-bond acceptors (Lipinski definition) is 2. The van der Waals surface area contributed by atoms with E-state index in [1.165, 1.54) is 0 Å². The predicted octanol–water partition coefficient (Wildman–Crippen LogP) is 1.65. The first kappa shape index (κ1) is 9.26. The minimum Gasteiger partial charge on any atom is -0.384 e. The van der Waals surface area contributed by atoms with Crippen molar-refractivity contribution in [2.75, 3.05) is 13.7 Å². The molecular formula is C9H16N2O. The van der Waals surface area contributed by atoms with E-state index in [4.69, 9.17) is 4.74 Å². The van der Waals surface area contributed by atoms with Crippen molar-refractivity contribution >= 4 is 0 Å². The molecule has 3 heteroatoms. The van der Waals surface area contributed by atoms with E-state index in [1.54, 1.807) is 7.11 Å². The minimum atomic E-state index is 0.486. The molecule has 0 amide bonds. The Morgan fingerprint density at radius 2 is 2.33 bits per heavy atom. The summed E-state index contributed by atoms with van der Waals surface area (Å²) in [5, 5.41) is 0. The molecule has 0 aromatic carbocycles. The Hall–Kier alpha value is -0.830. The lowest BCUT2D eigenvalue weighted by molar-refractivity contribution is 0.199. The largest absolute Gasteiger partial charge is 0.384 e. The molecule has 0 N–H and O–H groups in total. The maximum atomic E-state index is 5.00. The maximum absolute atomic E-state index is 5.00. The average molecular weight is 168 g/mol. The summed E-state index contributed by atoms with van der Waals surface area (Å²) in [5.41, 5.74) is 0. The third kappa shape index (κ3) is 2.08. The Kier molecular flexibility index (Phi) is 3.29. The number of aromatic nitrogens is 2. The number of methoxy groups -OCH3 is 1. The van der Waals surface area contributed by atoms with Crippen LogP contribution in [0.3, 0.4) is 0 Å². The van der Waals surface area contributed by atoms with Crippen LogP contribution in [-0.4, -0.2) is 23.3 Å². The van der Waals surface area contributed by atoms with Crippen molar-refractivity contribution < 1.29 is 4.74 Å². The van der Waals surface area contributed by atoms with Crippen molar-refractivity contribution in [3.05, 3.63) is 18.2 Å². The third-order valence-electron chi connectivity index (χ3n) is 1.84. The number of ether oxygens (including phenoxy) is 1. The van der Waals surface area contributed by atoms with Crippen molar-refractivity contribution in [2.24, 2.45) is 0 Å². The van der Waals surface area contributed by atoms with Gasteiger partial charge in [-0.05, 0) is 13.8 Å². The average Bonchev–Trinajstić information content (AvgIpc) is 2.48. The van der Waals surface area contributed by atoms with Gasteiger partial charge in [0.1, 0.15) is 5.82 Å². The lowest BCUT2D eigenvalue weighted by Gasteiger charge is -2.10. The van der Waals surface area contributed by atoms with Crippen LogP contribution >= 0.6 is 0 Å². The second kappa shape index (κ2) is 4.26. The highest BCUT2D eigenvalue weighted by Crippen LogP contribution is 2.07. The van der Waals surface area contributed by atoms with E-state index in [2.05, 4.69) is 23.4 Å². The van der Waals surface area contributed by atoms with Crippen LogP contribution in [-0.2, 0) is 11.2 Å². The summed E-state index contributed by atoms with van der Waals surface area (Å²) in [6.07, 6.45) is 4.74. The van der Waals surface area contributed by atoms with Crippen LogP contribution in [0, 0.1) is 0 Å². The highest BCUT2D eigenvalue weighted by Gasteiger charge is 2.04. The Morgan fingerprint density at radius 3 is 2.92 bits per heavy atom. The molecule has 1 aromatic heterocycles. The van der Waals surface area contributed by atoms with E-state index in [0.29, 0.717) is 6.04 Å². The molecule has 0 saturated heterocycles. The molecule has 1 rings (SSSR count). The molecule has 0 unspecified atom stereocenters. The fraction of sp³-hybridized carbons (Fsp3) is 0.667. The summed E-state index contributed by atoms with van der Waals surface area (Å²) >= 11 is 0. The highest BCUT2D eigenvalue weighted by molar-refractivity contribution is 4.94. The van der Waals surface area contributed by atoms with Gasteiger partial charge in [-0.25, -0.2) is 4.98 Å². The Bertz CT molecular complexity index is 230. The van der Waals surface area contributed by atoms with E-state index >= 15 is 0 Å². The predicted molar refractivity (Wildman–Crippen MR) is 48.2 cm³/mol. The smallest absolute Gasteiger partial charge is 0.111 e. The van der Waals surface area contributed by atoms with Gasteiger partial charge in [0, 0.05) is 32.0 Å². The molecule has 0 aliphatic heterocycles. The minimum absolute atomic E-state index is 0.486. The second-order valence-electron chi connectivity index (χ2n) is 3.09. The molecule has 3 nitrogen and oxygen atoms in total. The molecule has 0 atom stereocenters. The summed E-state index contributed by atoms with van der Waals surface area (Å²) in [6, 6.07) is 0.486. The standard InChI is InChI=1S/C9H16N2O/c1-8(2)11-6-5-10-9(11)4-7-12-3/h5-6,8H,4,7H2,1-3H3. The quantitative estimate of drug-likeness (QED) is 0.683. The van der Waals surface area contributed by atoms with Gasteiger partial charge in [-0.2, -0.15) is 0 Å². The van der Waals surface area contributed by atoms with Crippen molar-refractivity contribution in [1.29, 1.82) is 0 Å². The molecule has 1 heterocycles. The van der Waals surface area contributed by atoms with Crippen LogP contribution in [0.15, 0.2) is 12.4 Å². The zero-order valence-electron chi connectivity index (χ0n) is 7.95. The van der Waals surface area contributed by atoms with E-state index in [-0.39, 0.29) is 0 Å². The van der Waals surface area contributed by atoms with Crippen LogP contribution in [0.2, 0.25) is 0 Å². The van der Waals surface area contributed by atoms with E-state index in [1.807, 2.05) is 12.4 Å². The van der Waals surface area contributed by atoms with Gasteiger partial charge < -0.3 is 9.30 Å². The lowest BCUT2D eigenvalue weighted by Crippen LogP contribution is -2.07. The lowest BCUT2D eigenvalue weighted by atomic mass is 10.3. The van der Waals surface area contributed by atoms with E-state index in [0.717, 1.165) is 18.9 Å². The Balaban J connectivity index is 2.64. The Morgan fingerprint density at radius 1 is 1.58 bits per heavy atom. The zero-order valence-corrected chi connectivity index (χ0v) is 7.95. The SMILES string of the molecule is COCCc1nccn1C(C)C. The second-order valence-corrected chi connectivity index (χ2v) is 3.09. The van der Waals surface area contributed by atoms with Gasteiger partial charge >= 0.3 is 0 Å². The van der Waals surface area contributed by atoms with E-state index in [9.17, 15) is 0 Å². The van der Waals surface area contributed by atoms with Gasteiger partial charge in [-0.15, -0.1) is 0 Å². The number of imidazole rings is 1. The monoisotopic (exact) mass is 168 g/mol.